The number of benzene rings is 8. The van der Waals surface area contributed by atoms with Crippen LogP contribution in [0.3, 0.4) is 0 Å². The van der Waals surface area contributed by atoms with Crippen molar-refractivity contribution >= 4 is 43.6 Å². The Bertz CT molecular complexity index is 4300. The first-order valence-corrected chi connectivity index (χ1v) is 17.2. The monoisotopic (exact) mass is 735 g/mol. The van der Waals surface area contributed by atoms with Gasteiger partial charge in [0.25, 0.3) is 0 Å². The fourth-order valence-corrected chi connectivity index (χ4v) is 6.92. The van der Waals surface area contributed by atoms with E-state index < -0.39 is 160 Å². The molecule has 5 nitrogen and oxygen atoms in total. The SMILES string of the molecule is [2H]c1c([2H])c([2H])c(-c2c([2H])c([2H])c3c4c([2H])c([2H])c([2H])c([2H])c4n(-c4nc(-c5ccc(-c6ccccc6-c6ccccc6)cc5)nc(-n5c6c([2H])c([2H])c([2H])c([2H])c6c6c([2H])c([2H])c([2H])c([2H])c65)n4)c3c2[2H])c([2H])c1[2H]. The van der Waals surface area contributed by atoms with Gasteiger partial charge in [0, 0.05) is 27.1 Å². The van der Waals surface area contributed by atoms with Gasteiger partial charge in [-0.25, -0.2) is 0 Å². The lowest BCUT2D eigenvalue weighted by atomic mass is 9.94. The molecule has 8 aromatic carbocycles. The van der Waals surface area contributed by atoms with E-state index in [1.54, 1.807) is 24.3 Å². The van der Waals surface area contributed by atoms with Crippen LogP contribution in [0.2, 0.25) is 0 Å². The van der Waals surface area contributed by atoms with E-state index in [9.17, 15) is 9.60 Å². The molecule has 0 aliphatic rings. The first kappa shape index (κ1) is 17.7. The molecule has 0 aliphatic carbocycles. The third-order valence-electron chi connectivity index (χ3n) is 9.42. The molecule has 262 valence electrons. The zero-order chi connectivity index (χ0) is 54.4. The fraction of sp³-hybridized carbons (Fsp3) is 0. The molecular weight excluding hydrogens is 683 g/mol. The Morgan fingerprint density at radius 1 is 0.339 bits per heavy atom. The summed E-state index contributed by atoms with van der Waals surface area (Å²) in [6, 6.07) is 9.18. The van der Waals surface area contributed by atoms with Gasteiger partial charge in [-0.1, -0.05) is 176 Å². The van der Waals surface area contributed by atoms with E-state index in [1.165, 1.54) is 0 Å². The molecule has 11 rings (SSSR count). The van der Waals surface area contributed by atoms with Gasteiger partial charge in [0.15, 0.2) is 5.82 Å². The molecule has 3 aromatic heterocycles. The predicted molar refractivity (Wildman–Crippen MR) is 230 cm³/mol. The standard InChI is InChI=1S/C51H33N5/c1-3-15-34(16-4-1)38-31-32-44-43-23-11-14-26-47(43)56(48(44)33-38)51-53-49(52-50(54-51)55-45-24-12-9-21-41(45)42-22-10-13-25-46(42)55)37-29-27-36(28-30-37)40-20-8-7-19-39(40)35-17-5-2-6-18-35/h1-33H/i1D,3D,4D,9D,10D,11D,12D,13D,14D,15D,16D,21D,22D,23D,24D,25D,26D,31D,32D,33D. The number of aromatic nitrogens is 5. The van der Waals surface area contributed by atoms with Crippen LogP contribution in [-0.2, 0) is 0 Å². The van der Waals surface area contributed by atoms with Crippen LogP contribution in [0.25, 0.3) is 100 Å². The molecule has 0 fully saturated rings. The van der Waals surface area contributed by atoms with Gasteiger partial charge in [-0.3, -0.25) is 9.13 Å². The second-order valence-corrected chi connectivity index (χ2v) is 12.6. The maximum absolute atomic E-state index is 9.85. The van der Waals surface area contributed by atoms with Gasteiger partial charge in [-0.05, 0) is 57.6 Å². The van der Waals surface area contributed by atoms with Crippen molar-refractivity contribution in [2.75, 3.05) is 0 Å². The lowest BCUT2D eigenvalue weighted by Crippen LogP contribution is -2.10. The normalized spacial score (nSPS) is 16.6. The third-order valence-corrected chi connectivity index (χ3v) is 9.42. The van der Waals surface area contributed by atoms with Gasteiger partial charge in [-0.15, -0.1) is 0 Å². The molecular formula is C51H33N5. The first-order valence-electron chi connectivity index (χ1n) is 27.2. The fourth-order valence-electron chi connectivity index (χ4n) is 6.92. The maximum atomic E-state index is 9.85. The Morgan fingerprint density at radius 2 is 0.804 bits per heavy atom. The molecule has 5 heteroatoms. The van der Waals surface area contributed by atoms with E-state index in [0.29, 0.717) is 0 Å². The summed E-state index contributed by atoms with van der Waals surface area (Å²) < 4.78 is 181. The highest BCUT2D eigenvalue weighted by Crippen LogP contribution is 2.37. The molecule has 0 amide bonds. The Balaban J connectivity index is 1.32. The summed E-state index contributed by atoms with van der Waals surface area (Å²) in [5.41, 5.74) is 0.745. The Hall–Kier alpha value is -7.63. The highest BCUT2D eigenvalue weighted by atomic mass is 15.3. The minimum Gasteiger partial charge on any atom is -0.278 e. The number of para-hydroxylation sites is 3. The van der Waals surface area contributed by atoms with Crippen LogP contribution in [0.5, 0.6) is 0 Å². The van der Waals surface area contributed by atoms with Crippen LogP contribution in [-0.4, -0.2) is 24.1 Å². The zero-order valence-electron chi connectivity index (χ0n) is 48.7. The summed E-state index contributed by atoms with van der Waals surface area (Å²) in [6.07, 6.45) is 0. The summed E-state index contributed by atoms with van der Waals surface area (Å²) in [5, 5.41) is -1.42. The molecule has 0 saturated carbocycles. The van der Waals surface area contributed by atoms with Gasteiger partial charge in [0.1, 0.15) is 0 Å². The van der Waals surface area contributed by atoms with E-state index >= 15 is 0 Å². The number of hydrogen-bond acceptors (Lipinski definition) is 3. The van der Waals surface area contributed by atoms with Crippen molar-refractivity contribution in [1.82, 2.24) is 24.1 Å². The quantitative estimate of drug-likeness (QED) is 0.171. The highest BCUT2D eigenvalue weighted by Gasteiger charge is 2.21. The summed E-state index contributed by atoms with van der Waals surface area (Å²) in [7, 11) is 0. The molecule has 0 bridgehead atoms. The average molecular weight is 736 g/mol. The second kappa shape index (κ2) is 13.0. The zero-order valence-corrected chi connectivity index (χ0v) is 28.7. The number of rotatable bonds is 6. The number of fused-ring (bicyclic) bond motifs is 6. The van der Waals surface area contributed by atoms with Crippen LogP contribution in [0, 0.1) is 0 Å². The summed E-state index contributed by atoms with van der Waals surface area (Å²) in [6.45, 7) is 0. The minimum atomic E-state index is -0.821. The van der Waals surface area contributed by atoms with Crippen molar-refractivity contribution in [3.05, 3.63) is 200 Å². The summed E-state index contributed by atoms with van der Waals surface area (Å²) >= 11 is 0. The van der Waals surface area contributed by atoms with Gasteiger partial charge in [0.05, 0.1) is 49.5 Å². The van der Waals surface area contributed by atoms with Crippen molar-refractivity contribution in [2.45, 2.75) is 0 Å². The molecule has 0 N–H and O–H groups in total. The van der Waals surface area contributed by atoms with Crippen LogP contribution >= 0.6 is 0 Å². The van der Waals surface area contributed by atoms with Crippen LogP contribution in [0.4, 0.5) is 0 Å². The van der Waals surface area contributed by atoms with Gasteiger partial charge in [0.2, 0.25) is 11.9 Å². The van der Waals surface area contributed by atoms with Crippen molar-refractivity contribution in [3.8, 4) is 56.7 Å². The topological polar surface area (TPSA) is 48.5 Å². The van der Waals surface area contributed by atoms with Crippen molar-refractivity contribution in [1.29, 1.82) is 0 Å². The maximum Gasteiger partial charge on any atom is 0.240 e. The molecule has 0 aliphatic heterocycles. The lowest BCUT2D eigenvalue weighted by molar-refractivity contribution is 0.893. The van der Waals surface area contributed by atoms with Gasteiger partial charge >= 0.3 is 0 Å². The van der Waals surface area contributed by atoms with E-state index in [1.807, 2.05) is 54.6 Å². The minimum absolute atomic E-state index is 0.226. The van der Waals surface area contributed by atoms with Crippen LogP contribution < -0.4 is 0 Å². The predicted octanol–water partition coefficient (Wildman–Crippen LogP) is 12.7. The molecule has 0 atom stereocenters. The molecule has 3 heterocycles. The largest absolute Gasteiger partial charge is 0.278 e. The van der Waals surface area contributed by atoms with E-state index in [2.05, 4.69) is 0 Å². The van der Waals surface area contributed by atoms with Crippen molar-refractivity contribution in [2.24, 2.45) is 0 Å². The Kier molecular flexibility index (Phi) is 4.12. The van der Waals surface area contributed by atoms with E-state index in [4.69, 9.17) is 32.8 Å². The molecule has 11 aromatic rings. The Morgan fingerprint density at radius 3 is 1.39 bits per heavy atom. The molecule has 0 radical (unpaired) electrons. The average Bonchev–Trinajstić information content (AvgIpc) is 4.08. The number of nitrogens with zero attached hydrogens (tertiary/aromatic N) is 5. The van der Waals surface area contributed by atoms with Crippen molar-refractivity contribution < 1.29 is 27.4 Å². The van der Waals surface area contributed by atoms with Crippen molar-refractivity contribution in [3.63, 3.8) is 0 Å². The van der Waals surface area contributed by atoms with E-state index in [-0.39, 0.29) is 38.6 Å². The second-order valence-electron chi connectivity index (χ2n) is 12.6. The highest BCUT2D eigenvalue weighted by molar-refractivity contribution is 6.10. The van der Waals surface area contributed by atoms with Gasteiger partial charge < -0.3 is 0 Å². The number of hydrogen-bond donors (Lipinski definition) is 0. The molecule has 56 heavy (non-hydrogen) atoms. The summed E-state index contributed by atoms with van der Waals surface area (Å²) in [4.78, 5) is 14.5. The van der Waals surface area contributed by atoms with Crippen LogP contribution in [0.15, 0.2) is 200 Å². The summed E-state index contributed by atoms with van der Waals surface area (Å²) in [5.74, 6) is -1.36. The molecule has 0 spiro atoms. The lowest BCUT2D eigenvalue weighted by Gasteiger charge is -2.14. The molecule has 0 saturated heterocycles. The molecule has 0 unspecified atom stereocenters. The third kappa shape index (κ3) is 5.21. The van der Waals surface area contributed by atoms with Gasteiger partial charge in [-0.2, -0.15) is 15.0 Å². The Labute approximate surface area is 351 Å². The van der Waals surface area contributed by atoms with Crippen LogP contribution in [0.1, 0.15) is 27.4 Å². The smallest absolute Gasteiger partial charge is 0.240 e. The first-order chi connectivity index (χ1) is 36.1. The van der Waals surface area contributed by atoms with E-state index in [0.717, 1.165) is 31.4 Å².